The standard InChI is InChI=1S/C16H12Cl3NO3/c1-23-16(22)9-5-6-13(19)14(7-9)20-15(21)8-10-11(17)3-2-4-12(10)18/h2-7H,8H2,1H3,(H,20,21). The average Bonchev–Trinajstić information content (AvgIpc) is 2.52. The first-order chi connectivity index (χ1) is 10.9. The summed E-state index contributed by atoms with van der Waals surface area (Å²) in [4.78, 5) is 23.7. The van der Waals surface area contributed by atoms with Crippen LogP contribution in [0.25, 0.3) is 0 Å². The van der Waals surface area contributed by atoms with Crippen LogP contribution in [0.5, 0.6) is 0 Å². The monoisotopic (exact) mass is 371 g/mol. The molecule has 7 heteroatoms. The van der Waals surface area contributed by atoms with Crippen LogP contribution in [0.2, 0.25) is 15.1 Å². The molecule has 23 heavy (non-hydrogen) atoms. The first-order valence-corrected chi connectivity index (χ1v) is 7.66. The van der Waals surface area contributed by atoms with Crippen LogP contribution < -0.4 is 5.32 Å². The third-order valence-corrected chi connectivity index (χ3v) is 4.10. The summed E-state index contributed by atoms with van der Waals surface area (Å²) < 4.78 is 4.63. The van der Waals surface area contributed by atoms with Gasteiger partial charge in [0.1, 0.15) is 0 Å². The Kier molecular flexibility index (Phi) is 5.88. The Morgan fingerprint density at radius 1 is 1.04 bits per heavy atom. The minimum Gasteiger partial charge on any atom is -0.465 e. The van der Waals surface area contributed by atoms with E-state index in [4.69, 9.17) is 34.8 Å². The van der Waals surface area contributed by atoms with Crippen molar-refractivity contribution in [3.8, 4) is 0 Å². The van der Waals surface area contributed by atoms with E-state index in [1.807, 2.05) is 0 Å². The maximum Gasteiger partial charge on any atom is 0.337 e. The molecule has 0 fully saturated rings. The molecule has 0 bridgehead atoms. The lowest BCUT2D eigenvalue weighted by molar-refractivity contribution is -0.115. The molecule has 2 rings (SSSR count). The van der Waals surface area contributed by atoms with Gasteiger partial charge < -0.3 is 10.1 Å². The van der Waals surface area contributed by atoms with Gasteiger partial charge in [0.15, 0.2) is 0 Å². The fourth-order valence-electron chi connectivity index (χ4n) is 1.92. The highest BCUT2D eigenvalue weighted by molar-refractivity contribution is 6.36. The third-order valence-electron chi connectivity index (χ3n) is 3.06. The minimum absolute atomic E-state index is 0.0166. The number of hydrogen-bond donors (Lipinski definition) is 1. The van der Waals surface area contributed by atoms with Crippen molar-refractivity contribution in [1.82, 2.24) is 0 Å². The highest BCUT2D eigenvalue weighted by atomic mass is 35.5. The van der Waals surface area contributed by atoms with Crippen LogP contribution in [0.3, 0.4) is 0 Å². The number of ether oxygens (including phenoxy) is 1. The number of anilines is 1. The van der Waals surface area contributed by atoms with Crippen molar-refractivity contribution >= 4 is 52.4 Å². The molecule has 0 aliphatic rings. The summed E-state index contributed by atoms with van der Waals surface area (Å²) in [5.74, 6) is -0.879. The van der Waals surface area contributed by atoms with Gasteiger partial charge in [-0.1, -0.05) is 40.9 Å². The van der Waals surface area contributed by atoms with Gasteiger partial charge in [0.2, 0.25) is 5.91 Å². The van der Waals surface area contributed by atoms with E-state index in [1.54, 1.807) is 18.2 Å². The van der Waals surface area contributed by atoms with Gasteiger partial charge >= 0.3 is 5.97 Å². The van der Waals surface area contributed by atoms with E-state index in [9.17, 15) is 9.59 Å². The Hall–Kier alpha value is -1.75. The molecule has 0 saturated carbocycles. The van der Waals surface area contributed by atoms with E-state index >= 15 is 0 Å². The Bertz CT molecular complexity index is 742. The number of carbonyl (C=O) groups is 2. The van der Waals surface area contributed by atoms with E-state index in [0.717, 1.165) is 0 Å². The maximum atomic E-state index is 12.2. The van der Waals surface area contributed by atoms with Gasteiger partial charge in [-0.15, -0.1) is 0 Å². The average molecular weight is 373 g/mol. The van der Waals surface area contributed by atoms with Gasteiger partial charge in [-0.05, 0) is 35.9 Å². The van der Waals surface area contributed by atoms with Gasteiger partial charge in [0, 0.05) is 10.0 Å². The molecule has 2 aromatic rings. The molecule has 0 aromatic heterocycles. The van der Waals surface area contributed by atoms with E-state index in [-0.39, 0.29) is 17.9 Å². The zero-order valence-corrected chi connectivity index (χ0v) is 14.3. The molecule has 2 aromatic carbocycles. The second kappa shape index (κ2) is 7.68. The van der Waals surface area contributed by atoms with Crippen LogP contribution in [-0.2, 0) is 16.0 Å². The first kappa shape index (κ1) is 17.6. The third kappa shape index (κ3) is 4.38. The zero-order chi connectivity index (χ0) is 17.0. The van der Waals surface area contributed by atoms with Crippen LogP contribution in [0.15, 0.2) is 36.4 Å². The Morgan fingerprint density at radius 2 is 1.70 bits per heavy atom. The number of methoxy groups -OCH3 is 1. The second-order valence-electron chi connectivity index (χ2n) is 4.61. The Balaban J connectivity index is 2.19. The van der Waals surface area contributed by atoms with Crippen LogP contribution >= 0.6 is 34.8 Å². The van der Waals surface area contributed by atoms with Gasteiger partial charge in [-0.3, -0.25) is 4.79 Å². The first-order valence-electron chi connectivity index (χ1n) is 6.53. The van der Waals surface area contributed by atoms with Gasteiger partial charge in [-0.25, -0.2) is 4.79 Å². The molecule has 4 nitrogen and oxygen atoms in total. The van der Waals surface area contributed by atoms with Gasteiger partial charge in [0.05, 0.1) is 29.8 Å². The number of esters is 1. The van der Waals surface area contributed by atoms with Crippen molar-refractivity contribution in [2.24, 2.45) is 0 Å². The summed E-state index contributed by atoms with van der Waals surface area (Å²) in [6, 6.07) is 9.46. The highest BCUT2D eigenvalue weighted by Crippen LogP contribution is 2.27. The van der Waals surface area contributed by atoms with Gasteiger partial charge in [0.25, 0.3) is 0 Å². The maximum absolute atomic E-state index is 12.2. The fraction of sp³-hybridized carbons (Fsp3) is 0.125. The summed E-state index contributed by atoms with van der Waals surface area (Å²) >= 11 is 18.1. The predicted octanol–water partition coefficient (Wildman–Crippen LogP) is 4.61. The Labute approximate surface area is 148 Å². The number of halogens is 3. The zero-order valence-electron chi connectivity index (χ0n) is 12.0. The van der Waals surface area contributed by atoms with Crippen molar-refractivity contribution < 1.29 is 14.3 Å². The normalized spacial score (nSPS) is 10.3. The van der Waals surface area contributed by atoms with Crippen molar-refractivity contribution in [2.45, 2.75) is 6.42 Å². The molecule has 120 valence electrons. The predicted molar refractivity (Wildman–Crippen MR) is 91.6 cm³/mol. The Morgan fingerprint density at radius 3 is 2.30 bits per heavy atom. The van der Waals surface area contributed by atoms with E-state index < -0.39 is 5.97 Å². The van der Waals surface area contributed by atoms with Crippen molar-refractivity contribution in [2.75, 3.05) is 12.4 Å². The number of rotatable bonds is 4. The lowest BCUT2D eigenvalue weighted by Crippen LogP contribution is -2.16. The summed E-state index contributed by atoms with van der Waals surface area (Å²) in [5.41, 5.74) is 1.11. The molecular weight excluding hydrogens is 361 g/mol. The number of nitrogens with one attached hydrogen (secondary N) is 1. The molecule has 0 radical (unpaired) electrons. The molecule has 1 N–H and O–H groups in total. The lowest BCUT2D eigenvalue weighted by Gasteiger charge is -2.10. The summed E-state index contributed by atoms with van der Waals surface area (Å²) in [5, 5.41) is 3.75. The van der Waals surface area contributed by atoms with Crippen LogP contribution in [-0.4, -0.2) is 19.0 Å². The molecule has 0 saturated heterocycles. The van der Waals surface area contributed by atoms with E-state index in [2.05, 4.69) is 10.1 Å². The number of hydrogen-bond acceptors (Lipinski definition) is 3. The molecule has 0 heterocycles. The highest BCUT2D eigenvalue weighted by Gasteiger charge is 2.14. The second-order valence-corrected chi connectivity index (χ2v) is 5.83. The summed E-state index contributed by atoms with van der Waals surface area (Å²) in [7, 11) is 1.27. The molecular formula is C16H12Cl3NO3. The SMILES string of the molecule is COC(=O)c1ccc(Cl)c(NC(=O)Cc2c(Cl)cccc2Cl)c1. The largest absolute Gasteiger partial charge is 0.465 e. The summed E-state index contributed by atoms with van der Waals surface area (Å²) in [6.45, 7) is 0. The smallest absolute Gasteiger partial charge is 0.337 e. The van der Waals surface area contributed by atoms with Crippen LogP contribution in [0.1, 0.15) is 15.9 Å². The summed E-state index contributed by atoms with van der Waals surface area (Å²) in [6.07, 6.45) is -0.0166. The minimum atomic E-state index is -0.522. The van der Waals surface area contributed by atoms with E-state index in [1.165, 1.54) is 25.3 Å². The van der Waals surface area contributed by atoms with Crippen molar-refractivity contribution in [1.29, 1.82) is 0 Å². The number of amides is 1. The van der Waals surface area contributed by atoms with Crippen LogP contribution in [0, 0.1) is 0 Å². The van der Waals surface area contributed by atoms with Crippen molar-refractivity contribution in [3.63, 3.8) is 0 Å². The molecule has 0 unspecified atom stereocenters. The molecule has 0 aliphatic carbocycles. The fourth-order valence-corrected chi connectivity index (χ4v) is 2.62. The number of benzene rings is 2. The molecule has 0 aliphatic heterocycles. The van der Waals surface area contributed by atoms with Crippen molar-refractivity contribution in [3.05, 3.63) is 62.6 Å². The quantitative estimate of drug-likeness (QED) is 0.797. The number of carbonyl (C=O) groups excluding carboxylic acids is 2. The van der Waals surface area contributed by atoms with E-state index in [0.29, 0.717) is 26.3 Å². The molecule has 0 atom stereocenters. The topological polar surface area (TPSA) is 55.4 Å². The van der Waals surface area contributed by atoms with Crippen LogP contribution in [0.4, 0.5) is 5.69 Å². The molecule has 1 amide bonds. The molecule has 0 spiro atoms. The van der Waals surface area contributed by atoms with Gasteiger partial charge in [-0.2, -0.15) is 0 Å². The lowest BCUT2D eigenvalue weighted by atomic mass is 10.1.